The van der Waals surface area contributed by atoms with Gasteiger partial charge in [-0.05, 0) is 30.7 Å². The normalized spacial score (nSPS) is 17.2. The number of nitrogens with one attached hydrogen (secondary N) is 1. The zero-order valence-electron chi connectivity index (χ0n) is 13.5. The Morgan fingerprint density at radius 2 is 2.00 bits per heavy atom. The molecule has 1 heterocycles. The van der Waals surface area contributed by atoms with Gasteiger partial charge in [0.15, 0.2) is 0 Å². The second-order valence-corrected chi connectivity index (χ2v) is 5.65. The molecule has 6 nitrogen and oxygen atoms in total. The lowest BCUT2D eigenvalue weighted by molar-refractivity contribution is -0.128. The van der Waals surface area contributed by atoms with Gasteiger partial charge in [-0.2, -0.15) is 0 Å². The molecular weight excluding hydrogens is 296 g/mol. The lowest BCUT2D eigenvalue weighted by Gasteiger charge is -2.16. The van der Waals surface area contributed by atoms with Crippen LogP contribution in [0.3, 0.4) is 0 Å². The van der Waals surface area contributed by atoms with E-state index in [1.165, 1.54) is 7.11 Å². The van der Waals surface area contributed by atoms with Gasteiger partial charge in [-0.15, -0.1) is 0 Å². The summed E-state index contributed by atoms with van der Waals surface area (Å²) in [6.07, 6.45) is 2.23. The summed E-state index contributed by atoms with van der Waals surface area (Å²) in [7, 11) is 1.32. The van der Waals surface area contributed by atoms with E-state index in [2.05, 4.69) is 17.0 Å². The van der Waals surface area contributed by atoms with Gasteiger partial charge in [-0.25, -0.2) is 4.79 Å². The molecule has 23 heavy (non-hydrogen) atoms. The van der Waals surface area contributed by atoms with E-state index in [1.54, 1.807) is 29.2 Å². The van der Waals surface area contributed by atoms with E-state index >= 15 is 0 Å². The van der Waals surface area contributed by atoms with E-state index in [9.17, 15) is 14.4 Å². The predicted octanol–water partition coefficient (Wildman–Crippen LogP) is 2.06. The van der Waals surface area contributed by atoms with Crippen LogP contribution in [0.5, 0.6) is 0 Å². The Labute approximate surface area is 135 Å². The van der Waals surface area contributed by atoms with Gasteiger partial charge in [0.05, 0.1) is 18.6 Å². The lowest BCUT2D eigenvalue weighted by Crippen LogP contribution is -2.29. The number of ether oxygens (including phenoxy) is 1. The summed E-state index contributed by atoms with van der Waals surface area (Å²) in [5.41, 5.74) is 1.02. The van der Waals surface area contributed by atoms with Crippen molar-refractivity contribution in [1.29, 1.82) is 0 Å². The Bertz CT molecular complexity index is 583. The number of benzene rings is 1. The van der Waals surface area contributed by atoms with Crippen LogP contribution < -0.4 is 5.32 Å². The SMILES string of the molecule is CCCCN1C[C@H](C(=O)Nc2ccc(C(=O)OC)cc2)CC1=O. The molecule has 0 unspecified atom stereocenters. The van der Waals surface area contributed by atoms with Crippen LogP contribution in [0.2, 0.25) is 0 Å². The number of esters is 1. The molecule has 2 rings (SSSR count). The van der Waals surface area contributed by atoms with E-state index in [0.717, 1.165) is 12.8 Å². The van der Waals surface area contributed by atoms with Gasteiger partial charge in [-0.1, -0.05) is 13.3 Å². The summed E-state index contributed by atoms with van der Waals surface area (Å²) in [5, 5.41) is 2.80. The fourth-order valence-corrected chi connectivity index (χ4v) is 2.56. The minimum Gasteiger partial charge on any atom is -0.465 e. The number of nitrogens with zero attached hydrogens (tertiary/aromatic N) is 1. The number of carbonyl (C=O) groups is 3. The summed E-state index contributed by atoms with van der Waals surface area (Å²) in [5.74, 6) is -0.863. The van der Waals surface area contributed by atoms with Gasteiger partial charge in [-0.3, -0.25) is 9.59 Å². The average Bonchev–Trinajstić information content (AvgIpc) is 2.94. The number of methoxy groups -OCH3 is 1. The number of hydrogen-bond acceptors (Lipinski definition) is 4. The van der Waals surface area contributed by atoms with E-state index in [0.29, 0.717) is 24.3 Å². The molecule has 0 bridgehead atoms. The van der Waals surface area contributed by atoms with Crippen molar-refractivity contribution in [3.8, 4) is 0 Å². The Morgan fingerprint density at radius 1 is 1.30 bits per heavy atom. The van der Waals surface area contributed by atoms with Crippen LogP contribution in [0.4, 0.5) is 5.69 Å². The summed E-state index contributed by atoms with van der Waals surface area (Å²) in [6.45, 7) is 3.26. The number of rotatable bonds is 6. The monoisotopic (exact) mass is 318 g/mol. The van der Waals surface area contributed by atoms with Crippen molar-refractivity contribution in [3.63, 3.8) is 0 Å². The third-order valence-electron chi connectivity index (χ3n) is 3.94. The molecule has 1 saturated heterocycles. The van der Waals surface area contributed by atoms with Crippen LogP contribution in [-0.4, -0.2) is 42.9 Å². The molecule has 0 radical (unpaired) electrons. The quantitative estimate of drug-likeness (QED) is 0.815. The maximum Gasteiger partial charge on any atom is 0.337 e. The molecule has 1 aliphatic heterocycles. The zero-order chi connectivity index (χ0) is 16.8. The predicted molar refractivity (Wildman–Crippen MR) is 86.0 cm³/mol. The average molecular weight is 318 g/mol. The highest BCUT2D eigenvalue weighted by Gasteiger charge is 2.33. The number of anilines is 1. The second-order valence-electron chi connectivity index (χ2n) is 5.65. The van der Waals surface area contributed by atoms with Gasteiger partial charge in [0, 0.05) is 25.2 Å². The summed E-state index contributed by atoms with van der Waals surface area (Å²) in [4.78, 5) is 37.3. The third-order valence-corrected chi connectivity index (χ3v) is 3.94. The second kappa shape index (κ2) is 7.76. The van der Waals surface area contributed by atoms with Crippen LogP contribution in [0.25, 0.3) is 0 Å². The summed E-state index contributed by atoms with van der Waals surface area (Å²) in [6, 6.07) is 6.48. The molecule has 0 aliphatic carbocycles. The molecule has 1 aromatic rings. The van der Waals surface area contributed by atoms with Crippen molar-refractivity contribution in [1.82, 2.24) is 4.90 Å². The largest absolute Gasteiger partial charge is 0.465 e. The Hall–Kier alpha value is -2.37. The van der Waals surface area contributed by atoms with E-state index in [1.807, 2.05) is 0 Å². The van der Waals surface area contributed by atoms with Crippen LogP contribution in [0.15, 0.2) is 24.3 Å². The molecule has 1 N–H and O–H groups in total. The molecule has 1 fully saturated rings. The molecule has 6 heteroatoms. The van der Waals surface area contributed by atoms with E-state index < -0.39 is 5.97 Å². The van der Waals surface area contributed by atoms with Crippen LogP contribution >= 0.6 is 0 Å². The van der Waals surface area contributed by atoms with Gasteiger partial charge in [0.2, 0.25) is 11.8 Å². The maximum absolute atomic E-state index is 12.3. The van der Waals surface area contributed by atoms with Crippen LogP contribution in [-0.2, 0) is 14.3 Å². The van der Waals surface area contributed by atoms with Gasteiger partial charge < -0.3 is 15.0 Å². The molecule has 1 aliphatic rings. The number of hydrogen-bond donors (Lipinski definition) is 1. The fraction of sp³-hybridized carbons (Fsp3) is 0.471. The smallest absolute Gasteiger partial charge is 0.337 e. The molecule has 1 aromatic carbocycles. The molecule has 2 amide bonds. The van der Waals surface area contributed by atoms with Crippen molar-refractivity contribution in [2.45, 2.75) is 26.2 Å². The zero-order valence-corrected chi connectivity index (χ0v) is 13.5. The topological polar surface area (TPSA) is 75.7 Å². The standard InChI is InChI=1S/C17H22N2O4/c1-3-4-9-19-11-13(10-15(19)20)16(21)18-14-7-5-12(6-8-14)17(22)23-2/h5-8,13H,3-4,9-11H2,1-2H3,(H,18,21)/t13-/m1/s1. The van der Waals surface area contributed by atoms with Gasteiger partial charge in [0.25, 0.3) is 0 Å². The molecule has 124 valence electrons. The Morgan fingerprint density at radius 3 is 2.61 bits per heavy atom. The highest BCUT2D eigenvalue weighted by atomic mass is 16.5. The highest BCUT2D eigenvalue weighted by molar-refractivity contribution is 5.97. The maximum atomic E-state index is 12.3. The Balaban J connectivity index is 1.92. The van der Waals surface area contributed by atoms with E-state index in [-0.39, 0.29) is 24.2 Å². The van der Waals surface area contributed by atoms with Gasteiger partial charge in [0.1, 0.15) is 0 Å². The summed E-state index contributed by atoms with van der Waals surface area (Å²) >= 11 is 0. The van der Waals surface area contributed by atoms with Crippen molar-refractivity contribution in [3.05, 3.63) is 29.8 Å². The lowest BCUT2D eigenvalue weighted by atomic mass is 10.1. The van der Waals surface area contributed by atoms with Crippen molar-refractivity contribution >= 4 is 23.5 Å². The minimum atomic E-state index is -0.421. The fourth-order valence-electron chi connectivity index (χ4n) is 2.56. The molecule has 0 aromatic heterocycles. The van der Waals surface area contributed by atoms with Crippen molar-refractivity contribution in [2.24, 2.45) is 5.92 Å². The molecule has 0 spiro atoms. The van der Waals surface area contributed by atoms with Crippen molar-refractivity contribution < 1.29 is 19.1 Å². The Kier molecular flexibility index (Phi) is 5.73. The van der Waals surface area contributed by atoms with Crippen molar-refractivity contribution in [2.75, 3.05) is 25.5 Å². The first-order valence-electron chi connectivity index (χ1n) is 7.82. The number of carbonyl (C=O) groups excluding carboxylic acids is 3. The third kappa shape index (κ3) is 4.31. The summed E-state index contributed by atoms with van der Waals surface area (Å²) < 4.78 is 4.63. The molecular formula is C17H22N2O4. The number of likely N-dealkylation sites (tertiary alicyclic amines) is 1. The van der Waals surface area contributed by atoms with Crippen LogP contribution in [0.1, 0.15) is 36.5 Å². The van der Waals surface area contributed by atoms with Gasteiger partial charge >= 0.3 is 5.97 Å². The first-order chi connectivity index (χ1) is 11.0. The highest BCUT2D eigenvalue weighted by Crippen LogP contribution is 2.20. The first kappa shape index (κ1) is 17.0. The minimum absolute atomic E-state index is 0.0413. The van der Waals surface area contributed by atoms with E-state index in [4.69, 9.17) is 0 Å². The molecule has 1 atom stereocenters. The number of unbranched alkanes of at least 4 members (excludes halogenated alkanes) is 1. The van der Waals surface area contributed by atoms with Crippen LogP contribution in [0, 0.1) is 5.92 Å². The number of amides is 2. The molecule has 0 saturated carbocycles. The first-order valence-corrected chi connectivity index (χ1v) is 7.82.